The predicted molar refractivity (Wildman–Crippen MR) is 35.8 cm³/mol. The summed E-state index contributed by atoms with van der Waals surface area (Å²) >= 11 is 1.71. The summed E-state index contributed by atoms with van der Waals surface area (Å²) in [4.78, 5) is 4.09. The van der Waals surface area contributed by atoms with Crippen LogP contribution >= 0.6 is 11.3 Å². The van der Waals surface area contributed by atoms with Gasteiger partial charge in [0.25, 0.3) is 0 Å². The van der Waals surface area contributed by atoms with E-state index in [1.54, 1.807) is 11.3 Å². The van der Waals surface area contributed by atoms with Crippen LogP contribution in [0.25, 0.3) is 0 Å². The topological polar surface area (TPSA) is 12.9 Å². The van der Waals surface area contributed by atoms with E-state index in [1.807, 2.05) is 18.5 Å². The van der Waals surface area contributed by atoms with Crippen molar-refractivity contribution in [3.63, 3.8) is 0 Å². The van der Waals surface area contributed by atoms with E-state index in [2.05, 4.69) is 11.4 Å². The van der Waals surface area contributed by atoms with Gasteiger partial charge in [-0.25, -0.2) is 4.98 Å². The molecule has 0 aliphatic heterocycles. The molecule has 0 N–H and O–H groups in total. The molecular weight excluding hydrogens is 118 g/mol. The summed E-state index contributed by atoms with van der Waals surface area (Å²) in [5.41, 5.74) is 0. The van der Waals surface area contributed by atoms with Gasteiger partial charge in [0.1, 0.15) is 0 Å². The van der Waals surface area contributed by atoms with Gasteiger partial charge in [-0.15, -0.1) is 11.3 Å². The summed E-state index contributed by atoms with van der Waals surface area (Å²) < 4.78 is 0. The second-order valence-corrected chi connectivity index (χ2v) is 2.52. The van der Waals surface area contributed by atoms with Crippen LogP contribution in [0.1, 0.15) is 11.9 Å². The fraction of sp³-hybridized carbons (Fsp3) is 0.333. The van der Waals surface area contributed by atoms with Crippen molar-refractivity contribution in [2.75, 3.05) is 0 Å². The zero-order chi connectivity index (χ0) is 5.82. The molecule has 1 rings (SSSR count). The monoisotopic (exact) mass is 126 g/mol. The highest BCUT2D eigenvalue weighted by Crippen LogP contribution is 2.04. The van der Waals surface area contributed by atoms with Crippen LogP contribution in [0.15, 0.2) is 11.6 Å². The highest BCUT2D eigenvalue weighted by Gasteiger charge is 1.89. The molecule has 0 aromatic carbocycles. The third-order valence-corrected chi connectivity index (χ3v) is 1.66. The van der Waals surface area contributed by atoms with Gasteiger partial charge >= 0.3 is 0 Å². The van der Waals surface area contributed by atoms with Crippen molar-refractivity contribution in [2.24, 2.45) is 0 Å². The van der Waals surface area contributed by atoms with Crippen LogP contribution in [-0.4, -0.2) is 4.98 Å². The van der Waals surface area contributed by atoms with Crippen LogP contribution in [0.5, 0.6) is 0 Å². The minimum Gasteiger partial charge on any atom is -0.250 e. The van der Waals surface area contributed by atoms with Crippen LogP contribution < -0.4 is 0 Å². The van der Waals surface area contributed by atoms with Crippen molar-refractivity contribution in [1.82, 2.24) is 4.98 Å². The first-order valence-corrected chi connectivity index (χ1v) is 3.47. The number of hydrogen-bond acceptors (Lipinski definition) is 2. The maximum absolute atomic E-state index is 4.09. The van der Waals surface area contributed by atoms with Gasteiger partial charge in [0, 0.05) is 18.0 Å². The number of thiazole rings is 1. The largest absolute Gasteiger partial charge is 0.250 e. The Hall–Kier alpha value is -0.370. The first kappa shape index (κ1) is 5.76. The lowest BCUT2D eigenvalue weighted by Crippen LogP contribution is -1.77. The molecule has 0 saturated carbocycles. The fourth-order valence-corrected chi connectivity index (χ4v) is 1.19. The van der Waals surface area contributed by atoms with Gasteiger partial charge in [-0.05, 0) is 6.42 Å². The summed E-state index contributed by atoms with van der Waals surface area (Å²) in [5.74, 6) is 0. The fourth-order valence-electron chi connectivity index (χ4n) is 0.528. The summed E-state index contributed by atoms with van der Waals surface area (Å²) in [6, 6.07) is 0. The lowest BCUT2D eigenvalue weighted by Gasteiger charge is -1.83. The second kappa shape index (κ2) is 2.82. The molecule has 2 heteroatoms. The predicted octanol–water partition coefficient (Wildman–Crippen LogP) is 1.91. The molecule has 1 aromatic heterocycles. The standard InChI is InChI=1S/C6H8NS/c1-2-3-6-7-4-5-8-6/h2,4-5H,3H2,1H3. The Bertz CT molecular complexity index is 134. The molecule has 0 amide bonds. The molecule has 1 radical (unpaired) electrons. The van der Waals surface area contributed by atoms with Gasteiger partial charge in [-0.2, -0.15) is 0 Å². The third kappa shape index (κ3) is 1.30. The second-order valence-electron chi connectivity index (χ2n) is 1.54. The van der Waals surface area contributed by atoms with Gasteiger partial charge in [0.05, 0.1) is 5.01 Å². The van der Waals surface area contributed by atoms with E-state index in [1.165, 1.54) is 5.01 Å². The molecule has 0 spiro atoms. The van der Waals surface area contributed by atoms with Gasteiger partial charge in [0.15, 0.2) is 0 Å². The maximum Gasteiger partial charge on any atom is 0.0927 e. The Morgan fingerprint density at radius 2 is 2.75 bits per heavy atom. The van der Waals surface area contributed by atoms with Gasteiger partial charge < -0.3 is 0 Å². The smallest absolute Gasteiger partial charge is 0.0927 e. The van der Waals surface area contributed by atoms with E-state index < -0.39 is 0 Å². The lowest BCUT2D eigenvalue weighted by atomic mass is 10.4. The Morgan fingerprint density at radius 1 is 1.88 bits per heavy atom. The Labute approximate surface area is 53.4 Å². The molecule has 0 unspecified atom stereocenters. The van der Waals surface area contributed by atoms with Crippen LogP contribution in [0.2, 0.25) is 0 Å². The quantitative estimate of drug-likeness (QED) is 0.590. The van der Waals surface area contributed by atoms with E-state index in [-0.39, 0.29) is 0 Å². The van der Waals surface area contributed by atoms with E-state index in [0.29, 0.717) is 0 Å². The number of rotatable bonds is 2. The zero-order valence-corrected chi connectivity index (χ0v) is 5.61. The van der Waals surface area contributed by atoms with Gasteiger partial charge in [-0.1, -0.05) is 6.92 Å². The van der Waals surface area contributed by atoms with Crippen LogP contribution in [0, 0.1) is 6.42 Å². The Balaban J connectivity index is 2.50. The first-order valence-electron chi connectivity index (χ1n) is 2.59. The maximum atomic E-state index is 4.09. The zero-order valence-electron chi connectivity index (χ0n) is 4.79. The van der Waals surface area contributed by atoms with Crippen LogP contribution in [-0.2, 0) is 6.42 Å². The normalized spacial score (nSPS) is 9.62. The summed E-state index contributed by atoms with van der Waals surface area (Å²) in [5, 5.41) is 3.20. The molecule has 1 heterocycles. The SMILES string of the molecule is C[CH]Cc1nccs1. The molecule has 0 atom stereocenters. The van der Waals surface area contributed by atoms with E-state index >= 15 is 0 Å². The number of aromatic nitrogens is 1. The van der Waals surface area contributed by atoms with Crippen LogP contribution in [0.3, 0.4) is 0 Å². The van der Waals surface area contributed by atoms with Crippen molar-refractivity contribution < 1.29 is 0 Å². The Morgan fingerprint density at radius 3 is 3.25 bits per heavy atom. The number of nitrogens with zero attached hydrogens (tertiary/aromatic N) is 1. The number of hydrogen-bond donors (Lipinski definition) is 0. The first-order chi connectivity index (χ1) is 3.93. The minimum absolute atomic E-state index is 1.01. The minimum atomic E-state index is 1.01. The molecular formula is C6H8NS. The van der Waals surface area contributed by atoms with E-state index in [0.717, 1.165) is 6.42 Å². The van der Waals surface area contributed by atoms with Crippen molar-refractivity contribution in [3.8, 4) is 0 Å². The molecule has 8 heavy (non-hydrogen) atoms. The molecule has 1 nitrogen and oxygen atoms in total. The average molecular weight is 126 g/mol. The summed E-state index contributed by atoms with van der Waals surface area (Å²) in [7, 11) is 0. The highest BCUT2D eigenvalue weighted by molar-refractivity contribution is 7.09. The molecule has 1 aromatic rings. The van der Waals surface area contributed by atoms with Gasteiger partial charge in [-0.3, -0.25) is 0 Å². The third-order valence-electron chi connectivity index (χ3n) is 0.862. The van der Waals surface area contributed by atoms with Crippen molar-refractivity contribution in [3.05, 3.63) is 23.0 Å². The van der Waals surface area contributed by atoms with Gasteiger partial charge in [0.2, 0.25) is 0 Å². The van der Waals surface area contributed by atoms with Crippen LogP contribution in [0.4, 0.5) is 0 Å². The van der Waals surface area contributed by atoms with E-state index in [4.69, 9.17) is 0 Å². The molecule has 0 fully saturated rings. The average Bonchev–Trinajstić information content (AvgIpc) is 2.19. The molecule has 0 aliphatic rings. The Kier molecular flexibility index (Phi) is 2.03. The molecule has 43 valence electrons. The van der Waals surface area contributed by atoms with Crippen molar-refractivity contribution in [2.45, 2.75) is 13.3 Å². The molecule has 0 bridgehead atoms. The lowest BCUT2D eigenvalue weighted by molar-refractivity contribution is 1.10. The highest BCUT2D eigenvalue weighted by atomic mass is 32.1. The molecule has 0 saturated heterocycles. The van der Waals surface area contributed by atoms with Crippen molar-refractivity contribution >= 4 is 11.3 Å². The van der Waals surface area contributed by atoms with Crippen molar-refractivity contribution in [1.29, 1.82) is 0 Å². The summed E-state index contributed by atoms with van der Waals surface area (Å²) in [6.45, 7) is 2.04. The summed E-state index contributed by atoms with van der Waals surface area (Å²) in [6.07, 6.45) is 4.96. The van der Waals surface area contributed by atoms with E-state index in [9.17, 15) is 0 Å². The molecule has 0 aliphatic carbocycles.